The minimum absolute atomic E-state index is 0.466. The van der Waals surface area contributed by atoms with Crippen LogP contribution >= 0.6 is 28.1 Å². The maximum Gasteiger partial charge on any atom is 0.106 e. The van der Waals surface area contributed by atoms with Crippen LogP contribution in [-0.4, -0.2) is 18.1 Å². The first-order valence-corrected chi connectivity index (χ1v) is 7.03. The zero-order valence-corrected chi connectivity index (χ0v) is 12.5. The Hall–Kier alpha value is -0.610. The number of nitrogens with two attached hydrogens (primary N) is 1. The number of nitrogens with zero attached hydrogens (tertiary/aromatic N) is 1. The van der Waals surface area contributed by atoms with E-state index in [2.05, 4.69) is 40.7 Å². The third-order valence-corrected chi connectivity index (χ3v) is 4.27. The quantitative estimate of drug-likeness (QED) is 0.850. The summed E-state index contributed by atoms with van der Waals surface area (Å²) >= 11 is 8.60. The van der Waals surface area contributed by atoms with E-state index in [0.717, 1.165) is 40.6 Å². The highest BCUT2D eigenvalue weighted by Crippen LogP contribution is 2.31. The summed E-state index contributed by atoms with van der Waals surface area (Å²) in [6, 6.07) is 6.15. The maximum atomic E-state index is 5.80. The number of hydrogen-bond donors (Lipinski definition) is 1. The molecule has 2 N–H and O–H groups in total. The summed E-state index contributed by atoms with van der Waals surface area (Å²) in [6.07, 6.45) is 0. The van der Waals surface area contributed by atoms with Gasteiger partial charge in [-0.2, -0.15) is 0 Å². The fourth-order valence-corrected chi connectivity index (χ4v) is 2.83. The van der Waals surface area contributed by atoms with E-state index < -0.39 is 0 Å². The van der Waals surface area contributed by atoms with Crippen molar-refractivity contribution in [1.29, 1.82) is 0 Å². The molecule has 1 aromatic rings. The fraction of sp³-hybridized carbons (Fsp3) is 0.462. The van der Waals surface area contributed by atoms with Gasteiger partial charge in [0.05, 0.1) is 0 Å². The highest BCUT2D eigenvalue weighted by atomic mass is 79.9. The van der Waals surface area contributed by atoms with Crippen molar-refractivity contribution in [2.45, 2.75) is 13.8 Å². The van der Waals surface area contributed by atoms with Crippen molar-refractivity contribution in [3.8, 4) is 0 Å². The number of anilines is 1. The Kier molecular flexibility index (Phi) is 3.73. The molecule has 92 valence electrons. The van der Waals surface area contributed by atoms with Crippen molar-refractivity contribution in [1.82, 2.24) is 0 Å². The van der Waals surface area contributed by atoms with E-state index in [9.17, 15) is 0 Å². The van der Waals surface area contributed by atoms with Gasteiger partial charge in [0.25, 0.3) is 0 Å². The van der Waals surface area contributed by atoms with Crippen LogP contribution in [0.3, 0.4) is 0 Å². The second kappa shape index (κ2) is 4.94. The lowest BCUT2D eigenvalue weighted by molar-refractivity contribution is 0.494. The molecule has 0 aromatic heterocycles. The van der Waals surface area contributed by atoms with Gasteiger partial charge in [0.2, 0.25) is 0 Å². The molecule has 1 aliphatic heterocycles. The van der Waals surface area contributed by atoms with Crippen LogP contribution in [0, 0.1) is 11.8 Å². The van der Waals surface area contributed by atoms with Gasteiger partial charge in [0, 0.05) is 28.8 Å². The average molecular weight is 313 g/mol. The first-order chi connectivity index (χ1) is 7.99. The van der Waals surface area contributed by atoms with Crippen LogP contribution in [0.5, 0.6) is 0 Å². The van der Waals surface area contributed by atoms with E-state index in [1.165, 1.54) is 0 Å². The lowest BCUT2D eigenvalue weighted by atomic mass is 10.0. The van der Waals surface area contributed by atoms with Crippen LogP contribution in [0.1, 0.15) is 19.4 Å². The first kappa shape index (κ1) is 12.8. The molecule has 1 saturated heterocycles. The van der Waals surface area contributed by atoms with Crippen molar-refractivity contribution in [3.05, 3.63) is 28.2 Å². The third-order valence-electron chi connectivity index (χ3n) is 3.55. The lowest BCUT2D eigenvalue weighted by Crippen LogP contribution is -2.23. The normalized spacial score (nSPS) is 24.1. The van der Waals surface area contributed by atoms with Crippen molar-refractivity contribution < 1.29 is 0 Å². The smallest absolute Gasteiger partial charge is 0.106 e. The molecule has 0 saturated carbocycles. The largest absolute Gasteiger partial charge is 0.389 e. The van der Waals surface area contributed by atoms with Crippen LogP contribution < -0.4 is 10.6 Å². The van der Waals surface area contributed by atoms with Crippen LogP contribution in [0.2, 0.25) is 0 Å². The lowest BCUT2D eigenvalue weighted by Gasteiger charge is -2.21. The zero-order valence-electron chi connectivity index (χ0n) is 10.1. The van der Waals surface area contributed by atoms with Crippen LogP contribution in [0.15, 0.2) is 22.7 Å². The summed E-state index contributed by atoms with van der Waals surface area (Å²) in [7, 11) is 0. The van der Waals surface area contributed by atoms with Gasteiger partial charge in [-0.1, -0.05) is 42.0 Å². The molecule has 0 aliphatic carbocycles. The van der Waals surface area contributed by atoms with Gasteiger partial charge in [0.15, 0.2) is 0 Å². The molecule has 4 heteroatoms. The van der Waals surface area contributed by atoms with Gasteiger partial charge in [0.1, 0.15) is 4.99 Å². The van der Waals surface area contributed by atoms with Crippen molar-refractivity contribution in [2.75, 3.05) is 18.0 Å². The Labute approximate surface area is 116 Å². The average Bonchev–Trinajstić information content (AvgIpc) is 2.59. The summed E-state index contributed by atoms with van der Waals surface area (Å²) in [6.45, 7) is 6.75. The summed E-state index contributed by atoms with van der Waals surface area (Å²) in [5, 5.41) is 0. The monoisotopic (exact) mass is 312 g/mol. The summed E-state index contributed by atoms with van der Waals surface area (Å²) in [5.41, 5.74) is 7.94. The third kappa shape index (κ3) is 2.63. The van der Waals surface area contributed by atoms with Crippen LogP contribution in [0.25, 0.3) is 0 Å². The van der Waals surface area contributed by atoms with Crippen molar-refractivity contribution >= 4 is 38.8 Å². The molecule has 0 amide bonds. The highest BCUT2D eigenvalue weighted by molar-refractivity contribution is 9.10. The zero-order chi connectivity index (χ0) is 12.6. The molecule has 0 bridgehead atoms. The van der Waals surface area contributed by atoms with Gasteiger partial charge in [-0.05, 0) is 30.0 Å². The van der Waals surface area contributed by atoms with Crippen LogP contribution in [-0.2, 0) is 0 Å². The Morgan fingerprint density at radius 1 is 1.35 bits per heavy atom. The van der Waals surface area contributed by atoms with E-state index in [1.807, 2.05) is 12.1 Å². The number of rotatable bonds is 2. The topological polar surface area (TPSA) is 29.3 Å². The standard InChI is InChI=1S/C13H17BrN2S/c1-8-6-16(7-9(8)2)12-4-3-10(14)5-11(12)13(15)17/h3-5,8-9H,6-7H2,1-2H3,(H2,15,17). The molecular weight excluding hydrogens is 296 g/mol. The van der Waals surface area contributed by atoms with Gasteiger partial charge in [-0.25, -0.2) is 0 Å². The predicted octanol–water partition coefficient (Wildman–Crippen LogP) is 3.18. The molecule has 2 unspecified atom stereocenters. The summed E-state index contributed by atoms with van der Waals surface area (Å²) < 4.78 is 1.02. The minimum Gasteiger partial charge on any atom is -0.389 e. The Balaban J connectivity index is 2.36. The molecule has 0 radical (unpaired) electrons. The summed E-state index contributed by atoms with van der Waals surface area (Å²) in [5.74, 6) is 1.44. The molecule has 1 fully saturated rings. The number of halogens is 1. The van der Waals surface area contributed by atoms with Crippen molar-refractivity contribution in [2.24, 2.45) is 17.6 Å². The maximum absolute atomic E-state index is 5.80. The van der Waals surface area contributed by atoms with E-state index >= 15 is 0 Å². The van der Waals surface area contributed by atoms with Gasteiger partial charge < -0.3 is 10.6 Å². The fourth-order valence-electron chi connectivity index (χ4n) is 2.31. The highest BCUT2D eigenvalue weighted by Gasteiger charge is 2.27. The molecule has 1 aliphatic rings. The second-order valence-corrected chi connectivity index (χ2v) is 6.24. The van der Waals surface area contributed by atoms with Gasteiger partial charge in [-0.3, -0.25) is 0 Å². The van der Waals surface area contributed by atoms with Crippen LogP contribution in [0.4, 0.5) is 5.69 Å². The molecule has 0 spiro atoms. The number of thiocarbonyl (C=S) groups is 1. The molecule has 2 atom stereocenters. The van der Waals surface area contributed by atoms with Gasteiger partial charge in [-0.15, -0.1) is 0 Å². The molecule has 1 aromatic carbocycles. The predicted molar refractivity (Wildman–Crippen MR) is 80.6 cm³/mol. The Bertz CT molecular complexity index is 437. The van der Waals surface area contributed by atoms with E-state index in [-0.39, 0.29) is 0 Å². The number of hydrogen-bond acceptors (Lipinski definition) is 2. The van der Waals surface area contributed by atoms with Gasteiger partial charge >= 0.3 is 0 Å². The Morgan fingerprint density at radius 2 is 1.94 bits per heavy atom. The Morgan fingerprint density at radius 3 is 2.47 bits per heavy atom. The SMILES string of the molecule is CC1CN(c2ccc(Br)cc2C(N)=S)CC1C. The molecule has 2 rings (SSSR count). The van der Waals surface area contributed by atoms with E-state index in [1.54, 1.807) is 0 Å². The molecule has 2 nitrogen and oxygen atoms in total. The van der Waals surface area contributed by atoms with E-state index in [0.29, 0.717) is 4.99 Å². The first-order valence-electron chi connectivity index (χ1n) is 5.83. The second-order valence-electron chi connectivity index (χ2n) is 4.89. The molecule has 17 heavy (non-hydrogen) atoms. The minimum atomic E-state index is 0.466. The molecule has 1 heterocycles. The van der Waals surface area contributed by atoms with E-state index in [4.69, 9.17) is 18.0 Å². The van der Waals surface area contributed by atoms with Crippen molar-refractivity contribution in [3.63, 3.8) is 0 Å². The summed E-state index contributed by atoms with van der Waals surface area (Å²) in [4.78, 5) is 2.85. The molecular formula is C13H17BrN2S. The number of benzene rings is 1.